The highest BCUT2D eigenvalue weighted by molar-refractivity contribution is 5.78. The van der Waals surface area contributed by atoms with Crippen LogP contribution in [-0.2, 0) is 11.2 Å². The maximum atomic E-state index is 11.1. The van der Waals surface area contributed by atoms with E-state index in [1.807, 2.05) is 6.92 Å². The summed E-state index contributed by atoms with van der Waals surface area (Å²) in [7, 11) is 0. The van der Waals surface area contributed by atoms with Crippen LogP contribution in [0.5, 0.6) is 0 Å². The zero-order chi connectivity index (χ0) is 11.4. The topological polar surface area (TPSA) is 17.1 Å². The van der Waals surface area contributed by atoms with Crippen molar-refractivity contribution in [2.75, 3.05) is 0 Å². The maximum Gasteiger partial charge on any atom is 0.132 e. The van der Waals surface area contributed by atoms with Gasteiger partial charge in [-0.2, -0.15) is 0 Å². The summed E-state index contributed by atoms with van der Waals surface area (Å²) < 4.78 is 0. The van der Waals surface area contributed by atoms with Crippen molar-refractivity contribution >= 4 is 5.78 Å². The molecular weight excluding hydrogens is 184 g/mol. The standard InChI is InChI=1S/C14H20O/c1-10(2)14-7-5-13(6-8-14)9-11(3)12(4)15/h5-8,10-11H,9H2,1-4H3/t11-/m0/s1. The molecule has 0 aromatic heterocycles. The molecule has 15 heavy (non-hydrogen) atoms. The maximum absolute atomic E-state index is 11.1. The van der Waals surface area contributed by atoms with Crippen LogP contribution in [0.15, 0.2) is 24.3 Å². The van der Waals surface area contributed by atoms with Gasteiger partial charge < -0.3 is 0 Å². The normalized spacial score (nSPS) is 12.9. The van der Waals surface area contributed by atoms with Crippen LogP contribution in [0, 0.1) is 5.92 Å². The number of Topliss-reactive ketones (excluding diaryl/α,β-unsaturated/α-hetero) is 1. The van der Waals surface area contributed by atoms with Gasteiger partial charge in [0.15, 0.2) is 0 Å². The lowest BCUT2D eigenvalue weighted by Gasteiger charge is -2.09. The fraction of sp³-hybridized carbons (Fsp3) is 0.500. The van der Waals surface area contributed by atoms with E-state index in [0.29, 0.717) is 5.92 Å². The Kier molecular flexibility index (Phi) is 4.07. The first-order valence-corrected chi connectivity index (χ1v) is 5.60. The quantitative estimate of drug-likeness (QED) is 0.732. The van der Waals surface area contributed by atoms with E-state index in [2.05, 4.69) is 38.1 Å². The molecule has 0 aliphatic carbocycles. The predicted molar refractivity (Wildman–Crippen MR) is 64.1 cm³/mol. The SMILES string of the molecule is CC(=O)[C@@H](C)Cc1ccc(C(C)C)cc1. The first-order chi connectivity index (χ1) is 7.00. The van der Waals surface area contributed by atoms with Gasteiger partial charge in [0.1, 0.15) is 5.78 Å². The van der Waals surface area contributed by atoms with Gasteiger partial charge in [0, 0.05) is 5.92 Å². The van der Waals surface area contributed by atoms with Crippen LogP contribution in [0.4, 0.5) is 0 Å². The van der Waals surface area contributed by atoms with E-state index in [4.69, 9.17) is 0 Å². The molecule has 0 spiro atoms. The van der Waals surface area contributed by atoms with Crippen molar-refractivity contribution in [2.24, 2.45) is 5.92 Å². The number of rotatable bonds is 4. The molecule has 0 bridgehead atoms. The summed E-state index contributed by atoms with van der Waals surface area (Å²) in [5, 5.41) is 0. The van der Waals surface area contributed by atoms with Gasteiger partial charge in [0.05, 0.1) is 0 Å². The Bertz CT molecular complexity index is 322. The van der Waals surface area contributed by atoms with Crippen molar-refractivity contribution in [2.45, 2.75) is 40.0 Å². The number of benzene rings is 1. The molecule has 0 saturated carbocycles. The van der Waals surface area contributed by atoms with Gasteiger partial charge in [-0.1, -0.05) is 45.0 Å². The Balaban J connectivity index is 2.68. The van der Waals surface area contributed by atoms with Crippen LogP contribution in [0.3, 0.4) is 0 Å². The monoisotopic (exact) mass is 204 g/mol. The lowest BCUT2D eigenvalue weighted by Crippen LogP contribution is -2.09. The molecule has 0 radical (unpaired) electrons. The summed E-state index contributed by atoms with van der Waals surface area (Å²) in [5.74, 6) is 0.974. The summed E-state index contributed by atoms with van der Waals surface area (Å²) >= 11 is 0. The zero-order valence-corrected chi connectivity index (χ0v) is 10.1. The predicted octanol–water partition coefficient (Wildman–Crippen LogP) is 3.58. The minimum Gasteiger partial charge on any atom is -0.300 e. The Labute approximate surface area is 92.5 Å². The van der Waals surface area contributed by atoms with Crippen LogP contribution < -0.4 is 0 Å². The van der Waals surface area contributed by atoms with Crippen LogP contribution in [0.2, 0.25) is 0 Å². The molecule has 0 aliphatic rings. The second kappa shape index (κ2) is 5.11. The number of carbonyl (C=O) groups excluding carboxylic acids is 1. The smallest absolute Gasteiger partial charge is 0.132 e. The molecule has 1 atom stereocenters. The lowest BCUT2D eigenvalue weighted by atomic mass is 9.95. The van der Waals surface area contributed by atoms with Gasteiger partial charge in [0.2, 0.25) is 0 Å². The van der Waals surface area contributed by atoms with Crippen molar-refractivity contribution < 1.29 is 4.79 Å². The average molecular weight is 204 g/mol. The highest BCUT2D eigenvalue weighted by Gasteiger charge is 2.08. The number of hydrogen-bond acceptors (Lipinski definition) is 1. The number of ketones is 1. The minimum atomic E-state index is 0.134. The van der Waals surface area contributed by atoms with Gasteiger partial charge >= 0.3 is 0 Å². The Morgan fingerprint density at radius 1 is 1.13 bits per heavy atom. The highest BCUT2D eigenvalue weighted by Crippen LogP contribution is 2.16. The van der Waals surface area contributed by atoms with Gasteiger partial charge in [-0.15, -0.1) is 0 Å². The van der Waals surface area contributed by atoms with E-state index >= 15 is 0 Å². The number of hydrogen-bond donors (Lipinski definition) is 0. The fourth-order valence-electron chi connectivity index (χ4n) is 1.54. The zero-order valence-electron chi connectivity index (χ0n) is 10.1. The van der Waals surface area contributed by atoms with Crippen molar-refractivity contribution in [1.29, 1.82) is 0 Å². The molecule has 1 aromatic rings. The van der Waals surface area contributed by atoms with Gasteiger partial charge in [-0.3, -0.25) is 4.79 Å². The van der Waals surface area contributed by atoms with Gasteiger partial charge in [-0.25, -0.2) is 0 Å². The van der Waals surface area contributed by atoms with Crippen molar-refractivity contribution in [3.8, 4) is 0 Å². The van der Waals surface area contributed by atoms with Crippen LogP contribution >= 0.6 is 0 Å². The molecule has 1 nitrogen and oxygen atoms in total. The highest BCUT2D eigenvalue weighted by atomic mass is 16.1. The average Bonchev–Trinajstić information content (AvgIpc) is 2.18. The molecule has 1 aromatic carbocycles. The van der Waals surface area contributed by atoms with E-state index in [1.165, 1.54) is 11.1 Å². The third-order valence-electron chi connectivity index (χ3n) is 2.88. The van der Waals surface area contributed by atoms with Gasteiger partial charge in [-0.05, 0) is 30.4 Å². The Morgan fingerprint density at radius 2 is 1.67 bits per heavy atom. The molecule has 82 valence electrons. The fourth-order valence-corrected chi connectivity index (χ4v) is 1.54. The van der Waals surface area contributed by atoms with Crippen molar-refractivity contribution in [3.05, 3.63) is 35.4 Å². The van der Waals surface area contributed by atoms with Crippen LogP contribution in [0.1, 0.15) is 44.7 Å². The summed E-state index contributed by atoms with van der Waals surface area (Å²) in [4.78, 5) is 11.1. The molecule has 1 heteroatoms. The minimum absolute atomic E-state index is 0.134. The molecule has 0 unspecified atom stereocenters. The summed E-state index contributed by atoms with van der Waals surface area (Å²) in [5.41, 5.74) is 2.61. The molecule has 0 aliphatic heterocycles. The summed E-state index contributed by atoms with van der Waals surface area (Å²) in [6, 6.07) is 8.59. The first-order valence-electron chi connectivity index (χ1n) is 5.60. The van der Waals surface area contributed by atoms with Crippen LogP contribution in [0.25, 0.3) is 0 Å². The second-order valence-electron chi connectivity index (χ2n) is 4.61. The molecular formula is C14H20O. The summed E-state index contributed by atoms with van der Waals surface area (Å²) in [6.45, 7) is 8.02. The number of carbonyl (C=O) groups is 1. The molecule has 0 fully saturated rings. The Hall–Kier alpha value is -1.11. The molecule has 0 amide bonds. The largest absolute Gasteiger partial charge is 0.300 e. The first kappa shape index (κ1) is 12.0. The van der Waals surface area contributed by atoms with Crippen molar-refractivity contribution in [3.63, 3.8) is 0 Å². The molecule has 0 N–H and O–H groups in total. The van der Waals surface area contributed by atoms with E-state index in [1.54, 1.807) is 6.92 Å². The third-order valence-corrected chi connectivity index (χ3v) is 2.88. The molecule has 1 rings (SSSR count). The van der Waals surface area contributed by atoms with E-state index in [9.17, 15) is 4.79 Å². The van der Waals surface area contributed by atoms with E-state index in [-0.39, 0.29) is 11.7 Å². The van der Waals surface area contributed by atoms with Gasteiger partial charge in [0.25, 0.3) is 0 Å². The van der Waals surface area contributed by atoms with Crippen LogP contribution in [-0.4, -0.2) is 5.78 Å². The van der Waals surface area contributed by atoms with Crippen molar-refractivity contribution in [1.82, 2.24) is 0 Å². The molecule has 0 heterocycles. The lowest BCUT2D eigenvalue weighted by molar-refractivity contribution is -0.120. The summed E-state index contributed by atoms with van der Waals surface area (Å²) in [6.07, 6.45) is 0.855. The third kappa shape index (κ3) is 3.50. The Morgan fingerprint density at radius 3 is 2.07 bits per heavy atom. The van der Waals surface area contributed by atoms with E-state index in [0.717, 1.165) is 6.42 Å². The van der Waals surface area contributed by atoms with E-state index < -0.39 is 0 Å². The second-order valence-corrected chi connectivity index (χ2v) is 4.61. The molecule has 0 saturated heterocycles.